The molecule has 0 aliphatic rings. The molecule has 57 heavy (non-hydrogen) atoms. The summed E-state index contributed by atoms with van der Waals surface area (Å²) in [4.78, 5) is 23.0. The van der Waals surface area contributed by atoms with Crippen LogP contribution in [0.5, 0.6) is 0 Å². The normalized spacial score (nSPS) is 13.9. The van der Waals surface area contributed by atoms with E-state index in [-0.39, 0.29) is 99.2 Å². The van der Waals surface area contributed by atoms with E-state index in [1.165, 1.54) is 0 Å². The number of hydrogen-bond acceptors (Lipinski definition) is 12. The molecule has 2 unspecified atom stereocenters. The Morgan fingerprint density at radius 3 is 1.72 bits per heavy atom. The Morgan fingerprint density at radius 1 is 0.737 bits per heavy atom. The van der Waals surface area contributed by atoms with E-state index in [0.29, 0.717) is 39.6 Å². The summed E-state index contributed by atoms with van der Waals surface area (Å²) in [5.74, 6) is -1.08. The maximum Gasteiger partial charge on any atom is 1.00 e. The van der Waals surface area contributed by atoms with Crippen molar-refractivity contribution in [3.8, 4) is 0 Å². The van der Waals surface area contributed by atoms with Crippen molar-refractivity contribution in [2.45, 2.75) is 152 Å². The van der Waals surface area contributed by atoms with E-state index in [0.717, 1.165) is 31.7 Å². The van der Waals surface area contributed by atoms with Gasteiger partial charge in [0, 0.05) is 19.0 Å². The quantitative estimate of drug-likeness (QED) is 0.0580. The summed E-state index contributed by atoms with van der Waals surface area (Å²) in [5, 5.41) is 0. The Kier molecular flexibility index (Phi) is 34.3. The number of nitrogens with zero attached hydrogens (tertiary/aromatic N) is 1. The molecule has 13 nitrogen and oxygen atoms in total. The van der Waals surface area contributed by atoms with Crippen molar-refractivity contribution >= 4 is 48.6 Å². The SMILES string of the molecule is CCC(C)(C)C(=O)OCCC[Si](C)(C)O[Si](C)(C)C.CCC(C)(C)C(C)OCCCS(=O)(=O)[N-]S(=O)(=O)C(F)(F)F.CCOCCOCCOC(=O)C(C)CC.[K+]. The third-order valence-corrected chi connectivity index (χ3v) is 18.0. The van der Waals surface area contributed by atoms with Crippen LogP contribution in [-0.2, 0) is 57.4 Å². The first kappa shape index (κ1) is 64.1. The van der Waals surface area contributed by atoms with E-state index in [2.05, 4.69) is 32.7 Å². The number of carbonyl (C=O) groups is 2. The number of alkyl halides is 3. The average molecular weight is 930 g/mol. The van der Waals surface area contributed by atoms with Crippen molar-refractivity contribution in [1.29, 1.82) is 0 Å². The van der Waals surface area contributed by atoms with Crippen molar-refractivity contribution < 1.29 is 119 Å². The van der Waals surface area contributed by atoms with Crippen LogP contribution in [0.4, 0.5) is 13.2 Å². The maximum atomic E-state index is 12.1. The second kappa shape index (κ2) is 30.5. The van der Waals surface area contributed by atoms with Crippen LogP contribution in [0.1, 0.15) is 101 Å². The predicted molar refractivity (Wildman–Crippen MR) is 220 cm³/mol. The Morgan fingerprint density at radius 2 is 1.26 bits per heavy atom. The van der Waals surface area contributed by atoms with E-state index in [9.17, 15) is 39.6 Å². The largest absolute Gasteiger partial charge is 1.00 e. The molecule has 0 amide bonds. The van der Waals surface area contributed by atoms with Crippen molar-refractivity contribution in [2.24, 2.45) is 16.7 Å². The Balaban J connectivity index is -0.000000373. The summed E-state index contributed by atoms with van der Waals surface area (Å²) >= 11 is 0. The van der Waals surface area contributed by atoms with Crippen LogP contribution >= 0.6 is 0 Å². The molecular weight excluding hydrogens is 855 g/mol. The summed E-state index contributed by atoms with van der Waals surface area (Å²) in [5.41, 5.74) is -6.22. The van der Waals surface area contributed by atoms with Crippen LogP contribution < -0.4 is 51.4 Å². The van der Waals surface area contributed by atoms with Gasteiger partial charge in [0.05, 0.1) is 53.9 Å². The van der Waals surface area contributed by atoms with Gasteiger partial charge in [0.15, 0.2) is 26.7 Å². The van der Waals surface area contributed by atoms with E-state index in [4.69, 9.17) is 27.8 Å². The molecule has 0 rings (SSSR count). The number of halogens is 3. The van der Waals surface area contributed by atoms with Crippen molar-refractivity contribution in [2.75, 3.05) is 52.0 Å². The topological polar surface area (TPSA) is 172 Å². The van der Waals surface area contributed by atoms with Crippen LogP contribution in [-0.4, -0.2) is 109 Å². The molecule has 338 valence electrons. The zero-order valence-corrected chi connectivity index (χ0v) is 44.6. The van der Waals surface area contributed by atoms with E-state index >= 15 is 0 Å². The summed E-state index contributed by atoms with van der Waals surface area (Å²) in [6.45, 7) is 33.6. The third-order valence-electron chi connectivity index (χ3n) is 8.67. The predicted octanol–water partition coefficient (Wildman–Crippen LogP) is 5.82. The molecule has 0 aromatic carbocycles. The summed E-state index contributed by atoms with van der Waals surface area (Å²) in [7, 11) is -13.8. The molecule has 0 heterocycles. The number of esters is 2. The smallest absolute Gasteiger partial charge is 0.465 e. The van der Waals surface area contributed by atoms with E-state index in [1.54, 1.807) is 6.92 Å². The van der Waals surface area contributed by atoms with Gasteiger partial charge in [-0.3, -0.25) is 9.59 Å². The minimum atomic E-state index is -6.04. The molecule has 0 N–H and O–H groups in total. The molecule has 21 heteroatoms. The molecule has 0 aromatic rings. The molecule has 0 aliphatic carbocycles. The van der Waals surface area contributed by atoms with Gasteiger partial charge in [-0.2, -0.15) is 13.2 Å². The standard InChI is InChI=1S/C14H32O3Si2.C11H21F3NO5S2.C11H22O4.K/c1-9-14(2,3)13(15)16-11-10-12-19(7,8)17-18(4,5)6;1-5-10(3,4)9(2)20-7-6-8-21(16,17)15-22(18,19)11(12,13)14;1-4-10(3)11(12)15-9-8-14-7-6-13-5-2;/h9-12H2,1-8H3;9H,5-8H2,1-4H3;10H,4-9H2,1-3H3;/q;-1;;+1. The molecule has 2 atom stereocenters. The van der Waals surface area contributed by atoms with Crippen molar-refractivity contribution in [3.05, 3.63) is 4.13 Å². The van der Waals surface area contributed by atoms with Crippen LogP contribution in [0.25, 0.3) is 4.13 Å². The van der Waals surface area contributed by atoms with E-state index < -0.39 is 47.9 Å². The number of hydrogen-bond donors (Lipinski definition) is 0. The van der Waals surface area contributed by atoms with Crippen LogP contribution in [0, 0.1) is 16.7 Å². The minimum Gasteiger partial charge on any atom is -0.465 e. The average Bonchev–Trinajstić information content (AvgIpc) is 3.05. The van der Waals surface area contributed by atoms with Gasteiger partial charge in [0.25, 0.3) is 0 Å². The van der Waals surface area contributed by atoms with Gasteiger partial charge in [-0.05, 0) is 104 Å². The minimum absolute atomic E-state index is 0. The number of carbonyl (C=O) groups excluding carboxylic acids is 2. The number of rotatable bonds is 26. The van der Waals surface area contributed by atoms with Gasteiger partial charge in [-0.15, -0.1) is 0 Å². The van der Waals surface area contributed by atoms with Crippen molar-refractivity contribution in [1.82, 2.24) is 0 Å². The fourth-order valence-electron chi connectivity index (χ4n) is 4.00. The van der Waals surface area contributed by atoms with E-state index in [1.807, 2.05) is 66.4 Å². The summed E-state index contributed by atoms with van der Waals surface area (Å²) < 4.78 is 114. The fraction of sp³-hybridized carbons (Fsp3) is 0.944. The Labute approximate surface area is 388 Å². The second-order valence-corrected chi connectivity index (χ2v) is 28.9. The molecule has 0 aromatic heterocycles. The molecule has 0 fully saturated rings. The first-order valence-corrected chi connectivity index (χ1v) is 28.9. The molecule has 0 bridgehead atoms. The van der Waals surface area contributed by atoms with Gasteiger partial charge in [0.1, 0.15) is 6.61 Å². The van der Waals surface area contributed by atoms with Crippen LogP contribution in [0.3, 0.4) is 0 Å². The molecule has 0 spiro atoms. The fourth-order valence-corrected chi connectivity index (χ4v) is 14.4. The van der Waals surface area contributed by atoms with Gasteiger partial charge < -0.3 is 31.9 Å². The van der Waals surface area contributed by atoms with Crippen LogP contribution in [0.2, 0.25) is 38.8 Å². The third kappa shape index (κ3) is 33.8. The molecule has 0 saturated carbocycles. The number of ether oxygens (including phenoxy) is 5. The summed E-state index contributed by atoms with van der Waals surface area (Å²) in [6, 6.07) is 1.05. The van der Waals surface area contributed by atoms with Crippen molar-refractivity contribution in [3.63, 3.8) is 0 Å². The monoisotopic (exact) mass is 929 g/mol. The number of sulfonamides is 2. The van der Waals surface area contributed by atoms with Gasteiger partial charge >= 0.3 is 68.8 Å². The molecule has 0 aliphatic heterocycles. The van der Waals surface area contributed by atoms with Crippen LogP contribution in [0.15, 0.2) is 0 Å². The first-order chi connectivity index (χ1) is 25.3. The molecule has 0 saturated heterocycles. The first-order valence-electron chi connectivity index (χ1n) is 19.4. The van der Waals surface area contributed by atoms with Gasteiger partial charge in [0.2, 0.25) is 0 Å². The van der Waals surface area contributed by atoms with Gasteiger partial charge in [-0.1, -0.05) is 41.5 Å². The molecule has 0 radical (unpaired) electrons. The Hall–Kier alpha value is 0.500. The summed E-state index contributed by atoms with van der Waals surface area (Å²) in [6.07, 6.45) is 3.02. The zero-order chi connectivity index (χ0) is 44.7. The van der Waals surface area contributed by atoms with Gasteiger partial charge in [-0.25, -0.2) is 16.8 Å². The Bertz CT molecular complexity index is 1320. The maximum absolute atomic E-state index is 12.1. The zero-order valence-electron chi connectivity index (χ0n) is 37.9. The second-order valence-electron chi connectivity index (χ2n) is 16.2. The molecular formula is C36H75F3KNO12S2Si2.